The lowest BCUT2D eigenvalue weighted by Gasteiger charge is -2.35. The number of rotatable bonds is 5. The number of amides is 1. The summed E-state index contributed by atoms with van der Waals surface area (Å²) >= 11 is 5.40. The summed E-state index contributed by atoms with van der Waals surface area (Å²) in [7, 11) is 1.79. The number of nitrogens with zero attached hydrogens (tertiary/aromatic N) is 1. The lowest BCUT2D eigenvalue weighted by molar-refractivity contribution is -0.143. The standard InChI is InChI=1S/C23H24FN3O3S/c1-13(2)30-22(29)19-14(3)27(4)23(31)26-20(19)15-8-10-18(11-9-15)25-21(28)16-6-5-7-17(24)12-16/h5-13,20H,1-4H3,(H,25,28)(H,26,31). The van der Waals surface area contributed by atoms with Gasteiger partial charge in [-0.3, -0.25) is 4.79 Å². The van der Waals surface area contributed by atoms with Crippen molar-refractivity contribution >= 4 is 34.9 Å². The van der Waals surface area contributed by atoms with Gasteiger partial charge in [0.25, 0.3) is 5.91 Å². The molecular formula is C23H24FN3O3S. The Morgan fingerprint density at radius 2 is 1.87 bits per heavy atom. The second kappa shape index (κ2) is 9.26. The normalized spacial score (nSPS) is 16.3. The number of allylic oxidation sites excluding steroid dienone is 1. The molecule has 2 aromatic carbocycles. The van der Waals surface area contributed by atoms with Crippen LogP contribution < -0.4 is 10.6 Å². The summed E-state index contributed by atoms with van der Waals surface area (Å²) in [5, 5.41) is 6.41. The van der Waals surface area contributed by atoms with E-state index in [9.17, 15) is 14.0 Å². The van der Waals surface area contributed by atoms with Crippen LogP contribution in [0.5, 0.6) is 0 Å². The van der Waals surface area contributed by atoms with Crippen molar-refractivity contribution in [2.45, 2.75) is 32.9 Å². The van der Waals surface area contributed by atoms with Crippen molar-refractivity contribution < 1.29 is 18.7 Å². The van der Waals surface area contributed by atoms with Crippen molar-refractivity contribution in [2.24, 2.45) is 0 Å². The molecule has 0 saturated carbocycles. The first-order valence-corrected chi connectivity index (χ1v) is 10.2. The van der Waals surface area contributed by atoms with Gasteiger partial charge in [-0.2, -0.15) is 0 Å². The molecule has 2 aromatic rings. The van der Waals surface area contributed by atoms with Gasteiger partial charge in [0.05, 0.1) is 17.7 Å². The lowest BCUT2D eigenvalue weighted by Crippen LogP contribution is -2.46. The molecule has 0 radical (unpaired) electrons. The first kappa shape index (κ1) is 22.4. The van der Waals surface area contributed by atoms with E-state index in [-0.39, 0.29) is 11.7 Å². The first-order valence-electron chi connectivity index (χ1n) is 9.80. The molecule has 0 bridgehead atoms. The Kier molecular flexibility index (Phi) is 6.70. The predicted molar refractivity (Wildman–Crippen MR) is 121 cm³/mol. The topological polar surface area (TPSA) is 70.7 Å². The third kappa shape index (κ3) is 5.08. The summed E-state index contributed by atoms with van der Waals surface area (Å²) in [6.07, 6.45) is -0.256. The smallest absolute Gasteiger partial charge is 0.338 e. The number of carbonyl (C=O) groups is 2. The van der Waals surface area contributed by atoms with E-state index >= 15 is 0 Å². The second-order valence-electron chi connectivity index (χ2n) is 7.48. The third-order valence-electron chi connectivity index (χ3n) is 4.91. The molecule has 2 N–H and O–H groups in total. The summed E-state index contributed by atoms with van der Waals surface area (Å²) in [5.74, 6) is -1.30. The van der Waals surface area contributed by atoms with Crippen LogP contribution in [-0.4, -0.2) is 35.0 Å². The molecule has 6 nitrogen and oxygen atoms in total. The van der Waals surface area contributed by atoms with E-state index in [1.54, 1.807) is 50.1 Å². The van der Waals surface area contributed by atoms with Gasteiger partial charge in [0.2, 0.25) is 0 Å². The SMILES string of the molecule is CC1=C(C(=O)OC(C)C)C(c2ccc(NC(=O)c3cccc(F)c3)cc2)NC(=S)N1C. The Bertz CT molecular complexity index is 1050. The van der Waals surface area contributed by atoms with Gasteiger partial charge in [-0.15, -0.1) is 0 Å². The first-order chi connectivity index (χ1) is 14.7. The maximum absolute atomic E-state index is 13.4. The Morgan fingerprint density at radius 3 is 2.48 bits per heavy atom. The molecule has 0 aromatic heterocycles. The van der Waals surface area contributed by atoms with Gasteiger partial charge in [0.1, 0.15) is 5.82 Å². The van der Waals surface area contributed by atoms with Gasteiger partial charge in [-0.1, -0.05) is 18.2 Å². The average molecular weight is 442 g/mol. The highest BCUT2D eigenvalue weighted by molar-refractivity contribution is 7.80. The number of ether oxygens (including phenoxy) is 1. The zero-order chi connectivity index (χ0) is 22.7. The molecule has 31 heavy (non-hydrogen) atoms. The number of halogens is 1. The quantitative estimate of drug-likeness (QED) is 0.536. The van der Waals surface area contributed by atoms with Gasteiger partial charge < -0.3 is 20.3 Å². The van der Waals surface area contributed by atoms with Gasteiger partial charge in [-0.25, -0.2) is 9.18 Å². The zero-order valence-corrected chi connectivity index (χ0v) is 18.5. The third-order valence-corrected chi connectivity index (χ3v) is 5.30. The number of benzene rings is 2. The highest BCUT2D eigenvalue weighted by Crippen LogP contribution is 2.31. The van der Waals surface area contributed by atoms with Crippen LogP contribution in [0.15, 0.2) is 59.8 Å². The maximum atomic E-state index is 13.4. The molecule has 0 saturated heterocycles. The van der Waals surface area contributed by atoms with E-state index in [1.807, 2.05) is 6.92 Å². The monoisotopic (exact) mass is 441 g/mol. The fourth-order valence-electron chi connectivity index (χ4n) is 3.22. The number of esters is 1. The Labute approximate surface area is 186 Å². The molecule has 1 heterocycles. The molecule has 0 aliphatic carbocycles. The van der Waals surface area contributed by atoms with Crippen molar-refractivity contribution in [3.63, 3.8) is 0 Å². The number of nitrogens with one attached hydrogen (secondary N) is 2. The minimum atomic E-state index is -0.483. The van der Waals surface area contributed by atoms with Gasteiger partial charge in [-0.05, 0) is 68.9 Å². The fourth-order valence-corrected chi connectivity index (χ4v) is 3.47. The molecule has 3 rings (SSSR count). The van der Waals surface area contributed by atoms with Gasteiger partial charge >= 0.3 is 5.97 Å². The minimum absolute atomic E-state index is 0.226. The summed E-state index contributed by atoms with van der Waals surface area (Å²) < 4.78 is 18.8. The Balaban J connectivity index is 1.85. The molecule has 1 amide bonds. The van der Waals surface area contributed by atoms with Crippen LogP contribution in [0, 0.1) is 5.82 Å². The van der Waals surface area contributed by atoms with E-state index in [2.05, 4.69) is 10.6 Å². The van der Waals surface area contributed by atoms with E-state index in [4.69, 9.17) is 17.0 Å². The minimum Gasteiger partial charge on any atom is -0.459 e. The molecule has 162 valence electrons. The van der Waals surface area contributed by atoms with Crippen molar-refractivity contribution in [3.05, 3.63) is 76.7 Å². The molecule has 1 unspecified atom stereocenters. The van der Waals surface area contributed by atoms with E-state index in [1.165, 1.54) is 24.3 Å². The molecule has 1 atom stereocenters. The Morgan fingerprint density at radius 1 is 1.19 bits per heavy atom. The fraction of sp³-hybridized carbons (Fsp3) is 0.261. The average Bonchev–Trinajstić information content (AvgIpc) is 2.71. The number of anilines is 1. The summed E-state index contributed by atoms with van der Waals surface area (Å²) in [5.41, 5.74) is 2.74. The highest BCUT2D eigenvalue weighted by Gasteiger charge is 2.33. The van der Waals surface area contributed by atoms with Crippen molar-refractivity contribution in [2.75, 3.05) is 12.4 Å². The number of carbonyl (C=O) groups excluding carboxylic acids is 2. The zero-order valence-electron chi connectivity index (χ0n) is 17.7. The molecule has 1 aliphatic heterocycles. The van der Waals surface area contributed by atoms with Crippen LogP contribution in [0.2, 0.25) is 0 Å². The van der Waals surface area contributed by atoms with Crippen LogP contribution in [0.4, 0.5) is 10.1 Å². The number of hydrogen-bond donors (Lipinski definition) is 2. The molecule has 1 aliphatic rings. The maximum Gasteiger partial charge on any atom is 0.338 e. The Hall–Kier alpha value is -3.26. The largest absolute Gasteiger partial charge is 0.459 e. The van der Waals surface area contributed by atoms with Gasteiger partial charge in [0, 0.05) is 24.0 Å². The second-order valence-corrected chi connectivity index (χ2v) is 7.87. The van der Waals surface area contributed by atoms with Crippen molar-refractivity contribution in [1.82, 2.24) is 10.2 Å². The lowest BCUT2D eigenvalue weighted by atomic mass is 9.95. The van der Waals surface area contributed by atoms with Crippen LogP contribution in [0.3, 0.4) is 0 Å². The van der Waals surface area contributed by atoms with Crippen molar-refractivity contribution in [3.8, 4) is 0 Å². The predicted octanol–water partition coefficient (Wildman–Crippen LogP) is 4.16. The molecule has 8 heteroatoms. The van der Waals surface area contributed by atoms with E-state index in [0.29, 0.717) is 22.1 Å². The number of thiocarbonyl (C=S) groups is 1. The van der Waals surface area contributed by atoms with E-state index < -0.39 is 23.7 Å². The van der Waals surface area contributed by atoms with Crippen LogP contribution >= 0.6 is 12.2 Å². The molecular weight excluding hydrogens is 417 g/mol. The van der Waals surface area contributed by atoms with E-state index in [0.717, 1.165) is 5.56 Å². The molecule has 0 fully saturated rings. The van der Waals surface area contributed by atoms with Crippen LogP contribution in [0.1, 0.15) is 42.7 Å². The summed E-state index contributed by atoms with van der Waals surface area (Å²) in [6, 6.07) is 12.0. The molecule has 0 spiro atoms. The number of hydrogen-bond acceptors (Lipinski definition) is 4. The van der Waals surface area contributed by atoms with Gasteiger partial charge in [0.15, 0.2) is 5.11 Å². The van der Waals surface area contributed by atoms with Crippen LogP contribution in [-0.2, 0) is 9.53 Å². The highest BCUT2D eigenvalue weighted by atomic mass is 32.1. The summed E-state index contributed by atoms with van der Waals surface area (Å²) in [6.45, 7) is 5.41. The summed E-state index contributed by atoms with van der Waals surface area (Å²) in [4.78, 5) is 26.8. The van der Waals surface area contributed by atoms with Crippen LogP contribution in [0.25, 0.3) is 0 Å². The van der Waals surface area contributed by atoms with Crippen molar-refractivity contribution in [1.29, 1.82) is 0 Å².